The number of methoxy groups -OCH3 is 1. The number of aliphatic hydroxyl groups is 1. The number of hydrogen-bond acceptors (Lipinski definition) is 4. The Morgan fingerprint density at radius 2 is 1.94 bits per heavy atom. The molecular weight excluding hydrogens is 230 g/mol. The van der Waals surface area contributed by atoms with Crippen LogP contribution in [0.5, 0.6) is 0 Å². The topological polar surface area (TPSA) is 72.5 Å². The van der Waals surface area contributed by atoms with E-state index in [0.29, 0.717) is 17.7 Å². The molecule has 0 aliphatic carbocycles. The Balaban J connectivity index is 0.000000411. The van der Waals surface area contributed by atoms with Gasteiger partial charge in [0.15, 0.2) is 0 Å². The number of benzene rings is 1. The van der Waals surface area contributed by atoms with Crippen molar-refractivity contribution in [3.8, 4) is 0 Å². The quantitative estimate of drug-likeness (QED) is 0.638. The highest BCUT2D eigenvalue weighted by atomic mass is 16.5. The largest absolute Gasteiger partial charge is 0.398 e. The fraction of sp³-hybridized carbons (Fsp3) is 0.500. The van der Waals surface area contributed by atoms with Crippen LogP contribution < -0.4 is 5.73 Å². The molecule has 0 saturated heterocycles. The molecular formula is C14H23NO3. The smallest absolute Gasteiger partial charge is 0.150 e. The molecule has 0 aliphatic heterocycles. The molecule has 0 radical (unpaired) electrons. The van der Waals surface area contributed by atoms with E-state index in [9.17, 15) is 4.79 Å². The maximum atomic E-state index is 10.3. The molecule has 0 amide bonds. The van der Waals surface area contributed by atoms with Crippen LogP contribution in [0.25, 0.3) is 0 Å². The van der Waals surface area contributed by atoms with Crippen LogP contribution in [0.4, 0.5) is 5.69 Å². The van der Waals surface area contributed by atoms with Gasteiger partial charge < -0.3 is 15.6 Å². The minimum absolute atomic E-state index is 0.0417. The normalized spacial score (nSPS) is 10.5. The number of nitrogen functional groups attached to an aromatic ring is 1. The molecule has 3 N–H and O–H groups in total. The van der Waals surface area contributed by atoms with Crippen molar-refractivity contribution in [2.24, 2.45) is 0 Å². The van der Waals surface area contributed by atoms with Gasteiger partial charge in [0.05, 0.1) is 5.60 Å². The predicted octanol–water partition coefficient (Wildman–Crippen LogP) is 2.05. The fourth-order valence-electron chi connectivity index (χ4n) is 1.03. The van der Waals surface area contributed by atoms with Gasteiger partial charge >= 0.3 is 0 Å². The van der Waals surface area contributed by atoms with Gasteiger partial charge in [-0.15, -0.1) is 0 Å². The van der Waals surface area contributed by atoms with Crippen molar-refractivity contribution in [2.75, 3.05) is 19.5 Å². The van der Waals surface area contributed by atoms with Gasteiger partial charge in [0, 0.05) is 25.0 Å². The van der Waals surface area contributed by atoms with Crippen LogP contribution in [0.15, 0.2) is 18.2 Å². The Morgan fingerprint density at radius 1 is 1.39 bits per heavy atom. The molecule has 1 rings (SSSR count). The second kappa shape index (κ2) is 7.84. The molecule has 0 unspecified atom stereocenters. The van der Waals surface area contributed by atoms with Crippen molar-refractivity contribution in [3.05, 3.63) is 29.3 Å². The lowest BCUT2D eigenvalue weighted by atomic mass is 10.1. The number of carbonyl (C=O) groups is 1. The van der Waals surface area contributed by atoms with Crippen LogP contribution in [0.2, 0.25) is 0 Å². The van der Waals surface area contributed by atoms with Crippen molar-refractivity contribution >= 4 is 12.0 Å². The first-order valence-corrected chi connectivity index (χ1v) is 5.83. The van der Waals surface area contributed by atoms with Gasteiger partial charge in [-0.25, -0.2) is 0 Å². The van der Waals surface area contributed by atoms with E-state index < -0.39 is 0 Å². The van der Waals surface area contributed by atoms with Crippen LogP contribution in [-0.2, 0) is 11.2 Å². The third kappa shape index (κ3) is 7.04. The van der Waals surface area contributed by atoms with Gasteiger partial charge in [0.1, 0.15) is 6.29 Å². The molecule has 0 spiro atoms. The van der Waals surface area contributed by atoms with Gasteiger partial charge in [0.25, 0.3) is 0 Å². The average molecular weight is 253 g/mol. The Kier molecular flexibility index (Phi) is 7.24. The summed E-state index contributed by atoms with van der Waals surface area (Å²) < 4.78 is 4.94. The summed E-state index contributed by atoms with van der Waals surface area (Å²) >= 11 is 0. The second-order valence-corrected chi connectivity index (χ2v) is 4.87. The van der Waals surface area contributed by atoms with Crippen molar-refractivity contribution in [1.29, 1.82) is 0 Å². The Labute approximate surface area is 109 Å². The van der Waals surface area contributed by atoms with Gasteiger partial charge in [-0.1, -0.05) is 12.1 Å². The molecule has 0 heterocycles. The van der Waals surface area contributed by atoms with Gasteiger partial charge in [-0.2, -0.15) is 0 Å². The summed E-state index contributed by atoms with van der Waals surface area (Å²) in [4.78, 5) is 10.3. The monoisotopic (exact) mass is 253 g/mol. The first-order valence-electron chi connectivity index (χ1n) is 5.83. The van der Waals surface area contributed by atoms with Crippen LogP contribution in [-0.4, -0.2) is 30.7 Å². The molecule has 18 heavy (non-hydrogen) atoms. The summed E-state index contributed by atoms with van der Waals surface area (Å²) in [6.07, 6.45) is 1.28. The zero-order valence-electron chi connectivity index (χ0n) is 11.6. The fourth-order valence-corrected chi connectivity index (χ4v) is 1.03. The third-order valence-corrected chi connectivity index (χ3v) is 2.30. The summed E-state index contributed by atoms with van der Waals surface area (Å²) in [6.45, 7) is 6.14. The van der Waals surface area contributed by atoms with E-state index in [1.807, 2.05) is 20.8 Å². The molecule has 4 nitrogen and oxygen atoms in total. The lowest BCUT2D eigenvalue weighted by Gasteiger charge is -2.14. The number of carbonyl (C=O) groups excluding carboxylic acids is 1. The summed E-state index contributed by atoms with van der Waals surface area (Å²) in [5.74, 6) is 0. The number of hydrogen-bond donors (Lipinski definition) is 2. The molecule has 1 aromatic rings. The molecule has 4 heteroatoms. The van der Waals surface area contributed by atoms with Gasteiger partial charge in [0.2, 0.25) is 0 Å². The van der Waals surface area contributed by atoms with E-state index in [0.717, 1.165) is 11.8 Å². The van der Waals surface area contributed by atoms with E-state index in [4.69, 9.17) is 15.6 Å². The number of ether oxygens (including phenoxy) is 1. The summed E-state index contributed by atoms with van der Waals surface area (Å²) in [5, 5.41) is 8.65. The van der Waals surface area contributed by atoms with Crippen molar-refractivity contribution < 1.29 is 14.6 Å². The summed E-state index contributed by atoms with van der Waals surface area (Å²) in [7, 11) is 1.71. The number of rotatable bonds is 3. The highest BCUT2D eigenvalue weighted by molar-refractivity contribution is 5.77. The van der Waals surface area contributed by atoms with Crippen molar-refractivity contribution in [2.45, 2.75) is 32.8 Å². The Hall–Kier alpha value is -1.39. The average Bonchev–Trinajstić information content (AvgIpc) is 2.32. The maximum absolute atomic E-state index is 10.3. The van der Waals surface area contributed by atoms with E-state index in [2.05, 4.69) is 0 Å². The zero-order chi connectivity index (χ0) is 14.2. The van der Waals surface area contributed by atoms with E-state index in [1.165, 1.54) is 0 Å². The van der Waals surface area contributed by atoms with E-state index in [-0.39, 0.29) is 12.2 Å². The van der Waals surface area contributed by atoms with Crippen molar-refractivity contribution in [1.82, 2.24) is 0 Å². The molecule has 0 aliphatic rings. The Bertz CT molecular complexity index is 370. The highest BCUT2D eigenvalue weighted by Crippen LogP contribution is 2.13. The van der Waals surface area contributed by atoms with Crippen LogP contribution in [0, 0.1) is 0 Å². The predicted molar refractivity (Wildman–Crippen MR) is 73.8 cm³/mol. The minimum atomic E-state index is 0.0417. The standard InChI is InChI=1S/C9H11NO2.C5H12O/c10-9-5-7(6-12)1-2-8(9)3-4-11;1-5(2,3)6-4/h1-2,5-6,11H,3-4,10H2;1-4H3. The highest BCUT2D eigenvalue weighted by Gasteiger charge is 2.04. The van der Waals surface area contributed by atoms with Crippen LogP contribution in [0.1, 0.15) is 36.7 Å². The van der Waals surface area contributed by atoms with Crippen LogP contribution >= 0.6 is 0 Å². The SMILES string of the molecule is COC(C)(C)C.Nc1cc(C=O)ccc1CCO. The van der Waals surface area contributed by atoms with E-state index in [1.54, 1.807) is 25.3 Å². The number of anilines is 1. The van der Waals surface area contributed by atoms with E-state index >= 15 is 0 Å². The molecule has 0 fully saturated rings. The second-order valence-electron chi connectivity index (χ2n) is 4.87. The summed E-state index contributed by atoms with van der Waals surface area (Å²) in [6, 6.07) is 5.06. The lowest BCUT2D eigenvalue weighted by Crippen LogP contribution is -2.15. The molecule has 1 aromatic carbocycles. The molecule has 0 bridgehead atoms. The van der Waals surface area contributed by atoms with Crippen LogP contribution in [0.3, 0.4) is 0 Å². The molecule has 0 saturated carbocycles. The molecule has 0 aromatic heterocycles. The third-order valence-electron chi connectivity index (χ3n) is 2.30. The first-order chi connectivity index (χ1) is 8.34. The Morgan fingerprint density at radius 3 is 2.28 bits per heavy atom. The van der Waals surface area contributed by atoms with Gasteiger partial charge in [-0.05, 0) is 38.8 Å². The maximum Gasteiger partial charge on any atom is 0.150 e. The molecule has 0 atom stereocenters. The number of nitrogens with two attached hydrogens (primary N) is 1. The van der Waals surface area contributed by atoms with Crippen molar-refractivity contribution in [3.63, 3.8) is 0 Å². The molecule has 102 valence electrons. The number of aldehydes is 1. The first kappa shape index (κ1) is 16.6. The minimum Gasteiger partial charge on any atom is -0.398 e. The summed E-state index contributed by atoms with van der Waals surface area (Å²) in [5.41, 5.74) is 7.66. The zero-order valence-corrected chi connectivity index (χ0v) is 11.6. The van der Waals surface area contributed by atoms with Gasteiger partial charge in [-0.3, -0.25) is 4.79 Å². The lowest BCUT2D eigenvalue weighted by molar-refractivity contribution is 0.0397. The number of aliphatic hydroxyl groups excluding tert-OH is 1.